The predicted molar refractivity (Wildman–Crippen MR) is 115 cm³/mol. The van der Waals surface area contributed by atoms with Crippen LogP contribution in [0.2, 0.25) is 0 Å². The van der Waals surface area contributed by atoms with Crippen molar-refractivity contribution in [2.24, 2.45) is 10.8 Å². The van der Waals surface area contributed by atoms with Gasteiger partial charge in [0.05, 0.1) is 25.4 Å². The van der Waals surface area contributed by atoms with Gasteiger partial charge in [0.25, 0.3) is 0 Å². The number of hydrogen-bond donors (Lipinski definition) is 2. The molecule has 0 heterocycles. The number of benzene rings is 1. The van der Waals surface area contributed by atoms with E-state index in [4.69, 9.17) is 0 Å². The third-order valence-corrected chi connectivity index (χ3v) is 4.76. The standard InChI is InChI=1S/C22H38N2OS/c1-20(2,3)15-22(6,26)19(25)23-16-21(4,5)17-24(7,8)14-18-12-10-9-11-13-18/h9-13H,14-17H2,1-8H3,(H-,23,25,26)/p+1. The molecule has 148 valence electrons. The van der Waals surface area contributed by atoms with Gasteiger partial charge in [-0.1, -0.05) is 65.0 Å². The summed E-state index contributed by atoms with van der Waals surface area (Å²) in [5, 5.41) is 3.15. The number of hydrogen-bond acceptors (Lipinski definition) is 2. The number of nitrogens with zero attached hydrogens (tertiary/aromatic N) is 1. The van der Waals surface area contributed by atoms with Crippen LogP contribution in [0.15, 0.2) is 30.3 Å². The van der Waals surface area contributed by atoms with Crippen LogP contribution in [0.25, 0.3) is 0 Å². The maximum absolute atomic E-state index is 12.7. The Morgan fingerprint density at radius 1 is 1.04 bits per heavy atom. The van der Waals surface area contributed by atoms with Crippen LogP contribution in [0.4, 0.5) is 0 Å². The molecule has 3 nitrogen and oxygen atoms in total. The van der Waals surface area contributed by atoms with E-state index in [1.807, 2.05) is 6.92 Å². The maximum atomic E-state index is 12.7. The highest BCUT2D eigenvalue weighted by molar-refractivity contribution is 7.82. The molecule has 1 aromatic carbocycles. The quantitative estimate of drug-likeness (QED) is 0.504. The van der Waals surface area contributed by atoms with Gasteiger partial charge < -0.3 is 9.80 Å². The average Bonchev–Trinajstić information content (AvgIpc) is 2.41. The second kappa shape index (κ2) is 8.35. The molecule has 1 aromatic rings. The van der Waals surface area contributed by atoms with Gasteiger partial charge in [0.1, 0.15) is 6.54 Å². The molecule has 0 fully saturated rings. The van der Waals surface area contributed by atoms with Gasteiger partial charge in [-0.25, -0.2) is 0 Å². The van der Waals surface area contributed by atoms with Crippen molar-refractivity contribution in [2.45, 2.75) is 59.3 Å². The van der Waals surface area contributed by atoms with Crippen molar-refractivity contribution in [1.82, 2.24) is 5.32 Å². The lowest BCUT2D eigenvalue weighted by molar-refractivity contribution is -0.909. The van der Waals surface area contributed by atoms with Crippen LogP contribution >= 0.6 is 12.6 Å². The first kappa shape index (κ1) is 23.0. The fourth-order valence-electron chi connectivity index (χ4n) is 3.97. The Kier molecular flexibility index (Phi) is 7.40. The molecule has 1 amide bonds. The van der Waals surface area contributed by atoms with E-state index >= 15 is 0 Å². The Morgan fingerprint density at radius 3 is 2.08 bits per heavy atom. The van der Waals surface area contributed by atoms with Crippen molar-refractivity contribution in [3.05, 3.63) is 35.9 Å². The minimum absolute atomic E-state index is 0.000466. The highest BCUT2D eigenvalue weighted by Crippen LogP contribution is 2.32. The van der Waals surface area contributed by atoms with Crippen molar-refractivity contribution >= 4 is 18.5 Å². The van der Waals surface area contributed by atoms with Crippen molar-refractivity contribution in [1.29, 1.82) is 0 Å². The van der Waals surface area contributed by atoms with Gasteiger partial charge in [0.15, 0.2) is 0 Å². The molecular formula is C22H39N2OS+. The number of amides is 1. The molecule has 1 N–H and O–H groups in total. The van der Waals surface area contributed by atoms with Crippen LogP contribution in [0.1, 0.15) is 53.5 Å². The van der Waals surface area contributed by atoms with E-state index in [1.165, 1.54) is 5.56 Å². The van der Waals surface area contributed by atoms with Gasteiger partial charge in [-0.05, 0) is 18.8 Å². The number of carbonyl (C=O) groups excluding carboxylic acids is 1. The van der Waals surface area contributed by atoms with Crippen molar-refractivity contribution in [3.8, 4) is 0 Å². The lowest BCUT2D eigenvalue weighted by Crippen LogP contribution is -2.51. The highest BCUT2D eigenvalue weighted by Gasteiger charge is 2.35. The summed E-state index contributed by atoms with van der Waals surface area (Å²) in [6, 6.07) is 10.6. The smallest absolute Gasteiger partial charge is 0.235 e. The Bertz CT molecular complexity index is 586. The van der Waals surface area contributed by atoms with Crippen LogP contribution in [0.5, 0.6) is 0 Å². The van der Waals surface area contributed by atoms with Gasteiger partial charge in [-0.3, -0.25) is 4.79 Å². The molecule has 1 unspecified atom stereocenters. The van der Waals surface area contributed by atoms with Crippen LogP contribution in [-0.4, -0.2) is 42.3 Å². The van der Waals surface area contributed by atoms with Gasteiger partial charge in [0, 0.05) is 17.5 Å². The fraction of sp³-hybridized carbons (Fsp3) is 0.682. The number of nitrogens with one attached hydrogen (secondary N) is 1. The number of rotatable bonds is 8. The first-order chi connectivity index (χ1) is 11.6. The summed E-state index contributed by atoms with van der Waals surface area (Å²) in [6.07, 6.45) is 0.741. The zero-order valence-electron chi connectivity index (χ0n) is 18.0. The number of carbonyl (C=O) groups is 1. The molecule has 0 saturated carbocycles. The molecule has 0 aromatic heterocycles. The maximum Gasteiger partial charge on any atom is 0.235 e. The van der Waals surface area contributed by atoms with E-state index in [0.29, 0.717) is 6.54 Å². The van der Waals surface area contributed by atoms with Gasteiger partial charge in [0.2, 0.25) is 5.91 Å². The number of quaternary nitrogens is 1. The van der Waals surface area contributed by atoms with Crippen LogP contribution in [-0.2, 0) is 11.3 Å². The molecule has 4 heteroatoms. The van der Waals surface area contributed by atoms with Crippen LogP contribution in [0.3, 0.4) is 0 Å². The van der Waals surface area contributed by atoms with E-state index in [0.717, 1.165) is 24.0 Å². The fourth-order valence-corrected chi connectivity index (χ4v) is 4.52. The summed E-state index contributed by atoms with van der Waals surface area (Å²) in [6.45, 7) is 15.4. The van der Waals surface area contributed by atoms with Gasteiger partial charge >= 0.3 is 0 Å². The zero-order chi connectivity index (χ0) is 20.2. The molecule has 1 rings (SSSR count). The second-order valence-electron chi connectivity index (χ2n) is 10.6. The molecule has 0 aliphatic rings. The normalized spacial score (nSPS) is 15.4. The van der Waals surface area contributed by atoms with E-state index in [1.54, 1.807) is 0 Å². The summed E-state index contributed by atoms with van der Waals surface area (Å²) in [7, 11) is 4.50. The van der Waals surface area contributed by atoms with E-state index in [-0.39, 0.29) is 16.7 Å². The van der Waals surface area contributed by atoms with Crippen molar-refractivity contribution in [3.63, 3.8) is 0 Å². The average molecular weight is 380 g/mol. The van der Waals surface area contributed by atoms with Crippen LogP contribution < -0.4 is 5.32 Å². The molecule has 26 heavy (non-hydrogen) atoms. The van der Waals surface area contributed by atoms with E-state index in [9.17, 15) is 4.79 Å². The lowest BCUT2D eigenvalue weighted by atomic mass is 9.84. The lowest BCUT2D eigenvalue weighted by Gasteiger charge is -2.38. The Labute approximate surface area is 166 Å². The highest BCUT2D eigenvalue weighted by atomic mass is 32.1. The van der Waals surface area contributed by atoms with Gasteiger partial charge in [-0.2, -0.15) is 12.6 Å². The Hall–Kier alpha value is -1.00. The summed E-state index contributed by atoms with van der Waals surface area (Å²) in [5.41, 5.74) is 1.41. The van der Waals surface area contributed by atoms with E-state index < -0.39 is 4.75 Å². The SMILES string of the molecule is CC(C)(C)CC(C)(S)C(=O)NCC(C)(C)C[N+](C)(C)Cc1ccccc1. The molecular weight excluding hydrogens is 340 g/mol. The van der Waals surface area contributed by atoms with Crippen LogP contribution in [0, 0.1) is 10.8 Å². The summed E-state index contributed by atoms with van der Waals surface area (Å²) in [5.74, 6) is 0.0252. The first-order valence-electron chi connectivity index (χ1n) is 9.49. The third kappa shape index (κ3) is 8.59. The topological polar surface area (TPSA) is 29.1 Å². The summed E-state index contributed by atoms with van der Waals surface area (Å²) < 4.78 is 0.232. The molecule has 0 saturated heterocycles. The predicted octanol–water partition coefficient (Wildman–Crippen LogP) is 4.53. The van der Waals surface area contributed by atoms with Crippen molar-refractivity contribution in [2.75, 3.05) is 27.2 Å². The van der Waals surface area contributed by atoms with E-state index in [2.05, 4.69) is 97.0 Å². The Morgan fingerprint density at radius 2 is 1.58 bits per heavy atom. The molecule has 0 aliphatic carbocycles. The second-order valence-corrected chi connectivity index (χ2v) is 11.6. The monoisotopic (exact) mass is 379 g/mol. The first-order valence-corrected chi connectivity index (χ1v) is 9.93. The van der Waals surface area contributed by atoms with Gasteiger partial charge in [-0.15, -0.1) is 0 Å². The summed E-state index contributed by atoms with van der Waals surface area (Å²) >= 11 is 4.64. The molecule has 0 bridgehead atoms. The molecule has 0 radical (unpaired) electrons. The Balaban J connectivity index is 2.63. The summed E-state index contributed by atoms with van der Waals surface area (Å²) in [4.78, 5) is 12.7. The molecule has 0 spiro atoms. The third-order valence-electron chi connectivity index (χ3n) is 4.40. The minimum Gasteiger partial charge on any atom is -0.354 e. The minimum atomic E-state index is -0.650. The molecule has 1 atom stereocenters. The number of thiol groups is 1. The largest absolute Gasteiger partial charge is 0.354 e. The zero-order valence-corrected chi connectivity index (χ0v) is 18.9. The van der Waals surface area contributed by atoms with Crippen molar-refractivity contribution < 1.29 is 9.28 Å². The molecule has 0 aliphatic heterocycles.